The number of rotatable bonds is 6. The van der Waals surface area contributed by atoms with E-state index >= 15 is 0 Å². The van der Waals surface area contributed by atoms with E-state index in [0.717, 1.165) is 12.8 Å². The van der Waals surface area contributed by atoms with Crippen LogP contribution in [0.1, 0.15) is 40.5 Å². The molecule has 0 aromatic heterocycles. The minimum atomic E-state index is -0.278. The molecule has 0 spiro atoms. The van der Waals surface area contributed by atoms with Crippen molar-refractivity contribution >= 4 is 68.3 Å². The van der Waals surface area contributed by atoms with Gasteiger partial charge in [-0.3, -0.25) is 9.59 Å². The van der Waals surface area contributed by atoms with E-state index in [1.165, 1.54) is 6.08 Å². The molecule has 0 radical (unpaired) electrons. The third-order valence-electron chi connectivity index (χ3n) is 3.35. The van der Waals surface area contributed by atoms with Crippen molar-refractivity contribution in [1.82, 2.24) is 0 Å². The number of Topliss-reactive ketones (excluding diaryl/α,β-unsaturated/α-hetero) is 1. The van der Waals surface area contributed by atoms with Gasteiger partial charge in [-0.2, -0.15) is 0 Å². The summed E-state index contributed by atoms with van der Waals surface area (Å²) >= 11 is 10.7. The van der Waals surface area contributed by atoms with Gasteiger partial charge in [0.25, 0.3) is 0 Å². The molecule has 1 aliphatic rings. The Balaban J connectivity index is 2.11. The molecule has 0 saturated carbocycles. The van der Waals surface area contributed by atoms with Crippen LogP contribution in [0.2, 0.25) is 5.02 Å². The Morgan fingerprint density at radius 3 is 2.64 bits per heavy atom. The van der Waals surface area contributed by atoms with E-state index in [2.05, 4.69) is 52.1 Å². The predicted molar refractivity (Wildman–Crippen MR) is 105 cm³/mol. The summed E-state index contributed by atoms with van der Waals surface area (Å²) in [6.07, 6.45) is 3.46. The lowest BCUT2D eigenvalue weighted by molar-refractivity contribution is 0.0885. The van der Waals surface area contributed by atoms with Crippen LogP contribution < -0.4 is 0 Å². The van der Waals surface area contributed by atoms with E-state index in [1.54, 1.807) is 18.2 Å². The van der Waals surface area contributed by atoms with E-state index in [1.807, 2.05) is 0 Å². The van der Waals surface area contributed by atoms with E-state index in [4.69, 9.17) is 16.3 Å². The van der Waals surface area contributed by atoms with Gasteiger partial charge >= 0.3 is 0 Å². The minimum Gasteiger partial charge on any atom is -0.488 e. The highest BCUT2D eigenvalue weighted by Crippen LogP contribution is 2.29. The van der Waals surface area contributed by atoms with Crippen LogP contribution in [-0.4, -0.2) is 26.0 Å². The highest BCUT2D eigenvalue weighted by atomic mass is 127. The molecule has 0 N–H and O–H groups in total. The van der Waals surface area contributed by atoms with Gasteiger partial charge in [0, 0.05) is 15.6 Å². The molecule has 0 bridgehead atoms. The second-order valence-electron chi connectivity index (χ2n) is 5.00. The molecule has 1 aromatic carbocycles. The number of allylic oxidation sites excluding steroid dienone is 2. The zero-order valence-corrected chi connectivity index (χ0v) is 17.0. The summed E-state index contributed by atoms with van der Waals surface area (Å²) in [5.74, 6) is -0.442. The van der Waals surface area contributed by atoms with Crippen LogP contribution in [0.3, 0.4) is 0 Å². The molecule has 2 unspecified atom stereocenters. The zero-order valence-electron chi connectivity index (χ0n) is 11.9. The maximum Gasteiger partial charge on any atom is 0.228 e. The third kappa shape index (κ3) is 4.03. The molecule has 0 heterocycles. The number of carbonyl (C=O) groups is 2. The van der Waals surface area contributed by atoms with Crippen molar-refractivity contribution in [2.75, 3.05) is 6.61 Å². The normalized spacial score (nSPS) is 16.8. The molecule has 22 heavy (non-hydrogen) atoms. The number of hydrogen-bond acceptors (Lipinski definition) is 3. The lowest BCUT2D eigenvalue weighted by Gasteiger charge is -2.20. The van der Waals surface area contributed by atoms with Gasteiger partial charge in [0.05, 0.1) is 14.5 Å². The Morgan fingerprint density at radius 1 is 1.23 bits per heavy atom. The van der Waals surface area contributed by atoms with Crippen molar-refractivity contribution < 1.29 is 14.3 Å². The van der Waals surface area contributed by atoms with Crippen LogP contribution in [0, 0.1) is 0 Å². The Morgan fingerprint density at radius 2 is 1.95 bits per heavy atom. The number of alkyl halides is 2. The monoisotopic (exact) mass is 544 g/mol. The van der Waals surface area contributed by atoms with E-state index in [9.17, 15) is 9.59 Å². The van der Waals surface area contributed by atoms with Crippen LogP contribution in [0.15, 0.2) is 30.0 Å². The SMILES string of the molecule is CCCC(I)C(I)COC1=CC(=O)c2c(Cl)cccc2C1=O. The molecule has 0 aliphatic heterocycles. The maximum atomic E-state index is 12.4. The highest BCUT2D eigenvalue weighted by Gasteiger charge is 2.29. The number of ketones is 2. The van der Waals surface area contributed by atoms with Gasteiger partial charge in [-0.05, 0) is 12.5 Å². The van der Waals surface area contributed by atoms with Gasteiger partial charge in [-0.25, -0.2) is 0 Å². The van der Waals surface area contributed by atoms with Gasteiger partial charge in [0.15, 0.2) is 11.5 Å². The first kappa shape index (κ1) is 18.2. The fraction of sp³-hybridized carbons (Fsp3) is 0.375. The highest BCUT2D eigenvalue weighted by molar-refractivity contribution is 14.1. The Bertz CT molecular complexity index is 628. The van der Waals surface area contributed by atoms with Crippen molar-refractivity contribution in [3.63, 3.8) is 0 Å². The molecular weight excluding hydrogens is 529 g/mol. The quantitative estimate of drug-likeness (QED) is 0.373. The second-order valence-corrected chi connectivity index (χ2v) is 8.60. The summed E-state index contributed by atoms with van der Waals surface area (Å²) in [4.78, 5) is 24.6. The molecule has 1 aliphatic carbocycles. The average Bonchev–Trinajstić information content (AvgIpc) is 2.49. The van der Waals surface area contributed by atoms with E-state index < -0.39 is 0 Å². The standard InChI is InChI=1S/C16H15ClI2O3/c1-2-4-11(18)12(19)8-22-14-7-13(20)15-9(16(14)21)5-3-6-10(15)17/h3,5-7,11-12H,2,4,8H2,1H3. The van der Waals surface area contributed by atoms with Crippen LogP contribution in [0.25, 0.3) is 0 Å². The number of benzene rings is 1. The van der Waals surface area contributed by atoms with E-state index in [0.29, 0.717) is 21.1 Å². The van der Waals surface area contributed by atoms with Crippen LogP contribution in [0.4, 0.5) is 0 Å². The number of ether oxygens (including phenoxy) is 1. The number of hydrogen-bond donors (Lipinski definition) is 0. The lowest BCUT2D eigenvalue weighted by Crippen LogP contribution is -2.24. The van der Waals surface area contributed by atoms with Crippen molar-refractivity contribution in [3.8, 4) is 0 Å². The average molecular weight is 545 g/mol. The summed E-state index contributed by atoms with van der Waals surface area (Å²) < 4.78 is 6.38. The van der Waals surface area contributed by atoms with Gasteiger partial charge in [-0.15, -0.1) is 0 Å². The van der Waals surface area contributed by atoms with Crippen molar-refractivity contribution in [1.29, 1.82) is 0 Å². The lowest BCUT2D eigenvalue weighted by atomic mass is 9.93. The van der Waals surface area contributed by atoms with Crippen LogP contribution in [-0.2, 0) is 4.74 Å². The molecule has 6 heteroatoms. The Kier molecular flexibility index (Phi) is 6.70. The zero-order chi connectivity index (χ0) is 16.3. The fourth-order valence-corrected chi connectivity index (χ4v) is 3.83. The summed E-state index contributed by atoms with van der Waals surface area (Å²) in [5, 5.41) is 0.299. The molecule has 118 valence electrons. The van der Waals surface area contributed by atoms with Crippen molar-refractivity contribution in [3.05, 3.63) is 46.2 Å². The molecular formula is C16H15ClI2O3. The topological polar surface area (TPSA) is 43.4 Å². The molecule has 0 amide bonds. The van der Waals surface area contributed by atoms with Crippen LogP contribution in [0.5, 0.6) is 0 Å². The number of halogens is 3. The van der Waals surface area contributed by atoms with Gasteiger partial charge in [0.2, 0.25) is 5.78 Å². The molecule has 3 nitrogen and oxygen atoms in total. The Hall–Kier alpha value is -0.150. The van der Waals surface area contributed by atoms with Gasteiger partial charge < -0.3 is 4.74 Å². The first-order valence-electron chi connectivity index (χ1n) is 6.95. The first-order chi connectivity index (χ1) is 10.5. The van der Waals surface area contributed by atoms with Crippen molar-refractivity contribution in [2.45, 2.75) is 27.6 Å². The fourth-order valence-electron chi connectivity index (χ4n) is 2.19. The minimum absolute atomic E-state index is 0.113. The molecule has 0 saturated heterocycles. The summed E-state index contributed by atoms with van der Waals surface area (Å²) in [7, 11) is 0. The molecule has 0 fully saturated rings. The molecule has 2 atom stereocenters. The van der Waals surface area contributed by atoms with Gasteiger partial charge in [-0.1, -0.05) is 82.3 Å². The van der Waals surface area contributed by atoms with E-state index in [-0.39, 0.29) is 26.8 Å². The number of fused-ring (bicyclic) bond motifs is 1. The summed E-state index contributed by atoms with van der Waals surface area (Å²) in [6, 6.07) is 4.88. The first-order valence-corrected chi connectivity index (χ1v) is 9.82. The van der Waals surface area contributed by atoms with Crippen LogP contribution >= 0.6 is 56.8 Å². The van der Waals surface area contributed by atoms with Crippen molar-refractivity contribution in [2.24, 2.45) is 0 Å². The largest absolute Gasteiger partial charge is 0.488 e. The third-order valence-corrected chi connectivity index (χ3v) is 7.76. The van der Waals surface area contributed by atoms with Gasteiger partial charge in [0.1, 0.15) is 6.61 Å². The second kappa shape index (κ2) is 8.10. The smallest absolute Gasteiger partial charge is 0.228 e. The number of carbonyl (C=O) groups excluding carboxylic acids is 2. The summed E-state index contributed by atoms with van der Waals surface area (Å²) in [6.45, 7) is 2.55. The Labute approximate surface area is 162 Å². The molecule has 1 aromatic rings. The maximum absolute atomic E-state index is 12.4. The molecule has 2 rings (SSSR count). The summed E-state index contributed by atoms with van der Waals surface area (Å²) in [5.41, 5.74) is 0.588. The predicted octanol–water partition coefficient (Wildman–Crippen LogP) is 5.03.